The first-order chi connectivity index (χ1) is 10.0. The van der Waals surface area contributed by atoms with Crippen LogP contribution in [-0.2, 0) is 6.42 Å². The number of benzene rings is 2. The summed E-state index contributed by atoms with van der Waals surface area (Å²) < 4.78 is 23.8. The zero-order chi connectivity index (χ0) is 15.4. The monoisotopic (exact) mass is 290 g/mol. The normalized spacial score (nSPS) is 12.0. The smallest absolute Gasteiger partial charge is 0.124 e. The summed E-state index contributed by atoms with van der Waals surface area (Å²) in [4.78, 5) is 0. The molecule has 2 aromatic rings. The fraction of sp³-hybridized carbons (Fsp3) is 0.294. The van der Waals surface area contributed by atoms with Crippen LogP contribution in [0, 0.1) is 12.7 Å². The molecule has 0 aromatic heterocycles. The van der Waals surface area contributed by atoms with Gasteiger partial charge >= 0.3 is 0 Å². The number of hydrogen-bond acceptors (Lipinski definition) is 3. The van der Waals surface area contributed by atoms with Crippen molar-refractivity contribution in [2.45, 2.75) is 19.4 Å². The Labute approximate surface area is 124 Å². The highest BCUT2D eigenvalue weighted by Gasteiger charge is 2.16. The van der Waals surface area contributed by atoms with Gasteiger partial charge in [0, 0.05) is 12.0 Å². The molecule has 3 nitrogen and oxygen atoms in total. The van der Waals surface area contributed by atoms with E-state index in [0.717, 1.165) is 11.1 Å². The molecule has 0 aliphatic heterocycles. The SMILES string of the molecule is COc1ccc(OC)c(C(O)Cc2cc(F)ccc2C)c1. The van der Waals surface area contributed by atoms with Crippen molar-refractivity contribution in [2.24, 2.45) is 0 Å². The molecule has 0 bridgehead atoms. The summed E-state index contributed by atoms with van der Waals surface area (Å²) in [6, 6.07) is 9.82. The van der Waals surface area contributed by atoms with Gasteiger partial charge in [0.05, 0.1) is 20.3 Å². The number of aliphatic hydroxyl groups is 1. The summed E-state index contributed by atoms with van der Waals surface area (Å²) in [6.45, 7) is 1.89. The molecule has 0 spiro atoms. The third-order valence-corrected chi connectivity index (χ3v) is 3.52. The Kier molecular flexibility index (Phi) is 4.81. The maximum atomic E-state index is 13.3. The third-order valence-electron chi connectivity index (χ3n) is 3.52. The van der Waals surface area contributed by atoms with Gasteiger partial charge in [0.15, 0.2) is 0 Å². The minimum atomic E-state index is -0.796. The molecule has 0 saturated carbocycles. The van der Waals surface area contributed by atoms with E-state index in [4.69, 9.17) is 9.47 Å². The van der Waals surface area contributed by atoms with Crippen molar-refractivity contribution < 1.29 is 19.0 Å². The quantitative estimate of drug-likeness (QED) is 0.917. The van der Waals surface area contributed by atoms with Gasteiger partial charge in [-0.3, -0.25) is 0 Å². The summed E-state index contributed by atoms with van der Waals surface area (Å²) in [5.41, 5.74) is 2.34. The van der Waals surface area contributed by atoms with Crippen molar-refractivity contribution in [1.29, 1.82) is 0 Å². The molecule has 2 aromatic carbocycles. The second kappa shape index (κ2) is 6.59. The van der Waals surface area contributed by atoms with Crippen molar-refractivity contribution in [3.8, 4) is 11.5 Å². The predicted molar refractivity (Wildman–Crippen MR) is 79.3 cm³/mol. The van der Waals surface area contributed by atoms with Crippen LogP contribution in [0.3, 0.4) is 0 Å². The van der Waals surface area contributed by atoms with Crippen molar-refractivity contribution in [3.05, 3.63) is 58.9 Å². The fourth-order valence-corrected chi connectivity index (χ4v) is 2.28. The van der Waals surface area contributed by atoms with E-state index >= 15 is 0 Å². The average Bonchev–Trinajstić information content (AvgIpc) is 2.50. The summed E-state index contributed by atoms with van der Waals surface area (Å²) in [5.74, 6) is 0.915. The summed E-state index contributed by atoms with van der Waals surface area (Å²) >= 11 is 0. The largest absolute Gasteiger partial charge is 0.497 e. The predicted octanol–water partition coefficient (Wildman–Crippen LogP) is 3.43. The van der Waals surface area contributed by atoms with E-state index in [9.17, 15) is 9.50 Å². The third kappa shape index (κ3) is 3.52. The Bertz CT molecular complexity index is 625. The molecule has 0 fully saturated rings. The molecule has 0 radical (unpaired) electrons. The molecule has 21 heavy (non-hydrogen) atoms. The maximum Gasteiger partial charge on any atom is 0.124 e. The molecule has 0 saturated heterocycles. The van der Waals surface area contributed by atoms with Crippen LogP contribution < -0.4 is 9.47 Å². The highest BCUT2D eigenvalue weighted by atomic mass is 19.1. The Hall–Kier alpha value is -2.07. The number of halogens is 1. The molecule has 1 unspecified atom stereocenters. The fourth-order valence-electron chi connectivity index (χ4n) is 2.28. The van der Waals surface area contributed by atoms with E-state index in [1.54, 1.807) is 38.5 Å². The van der Waals surface area contributed by atoms with Gasteiger partial charge in [-0.15, -0.1) is 0 Å². The van der Waals surface area contributed by atoms with Crippen LogP contribution in [0.25, 0.3) is 0 Å². The minimum absolute atomic E-state index is 0.305. The van der Waals surface area contributed by atoms with Crippen LogP contribution in [0.4, 0.5) is 4.39 Å². The number of hydrogen-bond donors (Lipinski definition) is 1. The van der Waals surface area contributed by atoms with Crippen molar-refractivity contribution in [1.82, 2.24) is 0 Å². The van der Waals surface area contributed by atoms with Gasteiger partial charge in [-0.25, -0.2) is 4.39 Å². The molecule has 4 heteroatoms. The highest BCUT2D eigenvalue weighted by molar-refractivity contribution is 5.42. The molecule has 1 atom stereocenters. The number of ether oxygens (including phenoxy) is 2. The van der Waals surface area contributed by atoms with E-state index in [0.29, 0.717) is 23.5 Å². The van der Waals surface area contributed by atoms with Gasteiger partial charge in [-0.1, -0.05) is 6.07 Å². The van der Waals surface area contributed by atoms with E-state index in [1.165, 1.54) is 12.1 Å². The van der Waals surface area contributed by atoms with Crippen LogP contribution in [-0.4, -0.2) is 19.3 Å². The van der Waals surface area contributed by atoms with Crippen LogP contribution >= 0.6 is 0 Å². The molecule has 2 rings (SSSR count). The maximum absolute atomic E-state index is 13.3. The van der Waals surface area contributed by atoms with Gasteiger partial charge < -0.3 is 14.6 Å². The van der Waals surface area contributed by atoms with E-state index in [2.05, 4.69) is 0 Å². The lowest BCUT2D eigenvalue weighted by Gasteiger charge is -2.17. The molecule has 1 N–H and O–H groups in total. The van der Waals surface area contributed by atoms with Gasteiger partial charge in [0.1, 0.15) is 17.3 Å². The van der Waals surface area contributed by atoms with E-state index in [-0.39, 0.29) is 5.82 Å². The Balaban J connectivity index is 2.31. The summed E-state index contributed by atoms with van der Waals surface area (Å²) in [7, 11) is 3.11. The number of aliphatic hydroxyl groups excluding tert-OH is 1. The molecule has 0 amide bonds. The van der Waals surface area contributed by atoms with Crippen LogP contribution in [0.2, 0.25) is 0 Å². The molecular weight excluding hydrogens is 271 g/mol. The average molecular weight is 290 g/mol. The molecule has 112 valence electrons. The van der Waals surface area contributed by atoms with Gasteiger partial charge in [0.2, 0.25) is 0 Å². The van der Waals surface area contributed by atoms with Gasteiger partial charge in [-0.2, -0.15) is 0 Å². The molecule has 0 aliphatic rings. The lowest BCUT2D eigenvalue weighted by atomic mass is 9.97. The van der Waals surface area contributed by atoms with Crippen LogP contribution in [0.1, 0.15) is 22.8 Å². The van der Waals surface area contributed by atoms with Gasteiger partial charge in [-0.05, 0) is 48.4 Å². The van der Waals surface area contributed by atoms with Crippen molar-refractivity contribution in [2.75, 3.05) is 14.2 Å². The van der Waals surface area contributed by atoms with E-state index < -0.39 is 6.10 Å². The van der Waals surface area contributed by atoms with Crippen LogP contribution in [0.5, 0.6) is 11.5 Å². The van der Waals surface area contributed by atoms with Gasteiger partial charge in [0.25, 0.3) is 0 Å². The topological polar surface area (TPSA) is 38.7 Å². The zero-order valence-electron chi connectivity index (χ0n) is 12.4. The highest BCUT2D eigenvalue weighted by Crippen LogP contribution is 2.31. The lowest BCUT2D eigenvalue weighted by Crippen LogP contribution is -2.06. The minimum Gasteiger partial charge on any atom is -0.497 e. The second-order valence-corrected chi connectivity index (χ2v) is 4.90. The molecule has 0 heterocycles. The Morgan fingerprint density at radius 1 is 1.10 bits per heavy atom. The van der Waals surface area contributed by atoms with Crippen molar-refractivity contribution in [3.63, 3.8) is 0 Å². The van der Waals surface area contributed by atoms with E-state index in [1.807, 2.05) is 6.92 Å². The first-order valence-electron chi connectivity index (χ1n) is 6.70. The van der Waals surface area contributed by atoms with Crippen molar-refractivity contribution >= 4 is 0 Å². The zero-order valence-corrected chi connectivity index (χ0v) is 12.4. The lowest BCUT2D eigenvalue weighted by molar-refractivity contribution is 0.173. The summed E-state index contributed by atoms with van der Waals surface area (Å²) in [5, 5.41) is 10.5. The van der Waals surface area contributed by atoms with Crippen LogP contribution in [0.15, 0.2) is 36.4 Å². The molecular formula is C17H19FO3. The first-order valence-corrected chi connectivity index (χ1v) is 6.70. The summed E-state index contributed by atoms with van der Waals surface area (Å²) in [6.07, 6.45) is -0.483. The number of rotatable bonds is 5. The Morgan fingerprint density at radius 3 is 2.52 bits per heavy atom. The molecule has 0 aliphatic carbocycles. The standard InChI is InChI=1S/C17H19FO3/c1-11-4-5-13(18)8-12(11)9-16(19)15-10-14(20-2)6-7-17(15)21-3/h4-8,10,16,19H,9H2,1-3H3. The first kappa shape index (κ1) is 15.3. The number of methoxy groups -OCH3 is 2. The second-order valence-electron chi connectivity index (χ2n) is 4.90. The number of aryl methyl sites for hydroxylation is 1. The Morgan fingerprint density at radius 2 is 1.86 bits per heavy atom.